The van der Waals surface area contributed by atoms with E-state index in [1.54, 1.807) is 22.7 Å². The molecule has 0 N–H and O–H groups in total. The third-order valence-corrected chi connectivity index (χ3v) is 4.55. The zero-order valence-corrected chi connectivity index (χ0v) is 10.2. The Morgan fingerprint density at radius 2 is 1.29 bits per heavy atom. The molecule has 0 unspecified atom stereocenters. The molecular weight excluding hydrogens is 255 g/mol. The maximum absolute atomic E-state index is 6.15. The second-order valence-corrected chi connectivity index (χ2v) is 5.23. The van der Waals surface area contributed by atoms with E-state index in [9.17, 15) is 0 Å². The maximum Gasteiger partial charge on any atom is 0.0778 e. The second kappa shape index (κ2) is 4.49. The van der Waals surface area contributed by atoms with E-state index in [-0.39, 0.29) is 0 Å². The molecule has 14 heavy (non-hydrogen) atoms. The third-order valence-electron chi connectivity index (χ3n) is 1.67. The average molecular weight is 261 g/mol. The standard InChI is InChI=1S/C10H6Cl2S2/c11-9(7-3-1-5-13-7)10(12)8-4-2-6-14-8/h1-6H. The molecule has 0 fully saturated rings. The Morgan fingerprint density at radius 1 is 0.857 bits per heavy atom. The van der Waals surface area contributed by atoms with Crippen molar-refractivity contribution in [3.63, 3.8) is 0 Å². The van der Waals surface area contributed by atoms with E-state index in [2.05, 4.69) is 0 Å². The van der Waals surface area contributed by atoms with Crippen molar-refractivity contribution in [1.29, 1.82) is 0 Å². The number of hydrogen-bond donors (Lipinski definition) is 0. The van der Waals surface area contributed by atoms with Gasteiger partial charge in [-0.1, -0.05) is 35.3 Å². The first kappa shape index (κ1) is 10.2. The molecule has 0 aliphatic heterocycles. The Labute approximate surface area is 100 Å². The van der Waals surface area contributed by atoms with Crippen LogP contribution in [-0.2, 0) is 0 Å². The van der Waals surface area contributed by atoms with Crippen molar-refractivity contribution in [2.75, 3.05) is 0 Å². The normalized spacial score (nSPS) is 12.7. The summed E-state index contributed by atoms with van der Waals surface area (Å²) in [5.74, 6) is 0. The maximum atomic E-state index is 6.15. The summed E-state index contributed by atoms with van der Waals surface area (Å²) in [5, 5.41) is 5.22. The molecule has 0 atom stereocenters. The van der Waals surface area contributed by atoms with E-state index in [0.29, 0.717) is 10.1 Å². The Morgan fingerprint density at radius 3 is 1.57 bits per heavy atom. The Bertz CT molecular complexity index is 384. The molecule has 72 valence electrons. The van der Waals surface area contributed by atoms with Crippen molar-refractivity contribution in [2.24, 2.45) is 0 Å². The van der Waals surface area contributed by atoms with Crippen LogP contribution in [0, 0.1) is 0 Å². The quantitative estimate of drug-likeness (QED) is 0.704. The minimum Gasteiger partial charge on any atom is -0.143 e. The van der Waals surface area contributed by atoms with Crippen LogP contribution in [0.25, 0.3) is 10.1 Å². The summed E-state index contributed by atoms with van der Waals surface area (Å²) >= 11 is 15.5. The smallest absolute Gasteiger partial charge is 0.0778 e. The highest BCUT2D eigenvalue weighted by atomic mass is 35.5. The van der Waals surface area contributed by atoms with Gasteiger partial charge in [0, 0.05) is 9.75 Å². The molecule has 0 radical (unpaired) electrons. The number of hydrogen-bond acceptors (Lipinski definition) is 2. The molecule has 0 bridgehead atoms. The summed E-state index contributed by atoms with van der Waals surface area (Å²) in [4.78, 5) is 2.01. The van der Waals surface area contributed by atoms with Gasteiger partial charge < -0.3 is 0 Å². The largest absolute Gasteiger partial charge is 0.143 e. The summed E-state index contributed by atoms with van der Waals surface area (Å²) in [6.45, 7) is 0. The molecule has 0 aliphatic rings. The first-order valence-electron chi connectivity index (χ1n) is 3.92. The SMILES string of the molecule is ClC(=C(Cl)c1cccs1)c1cccs1. The fourth-order valence-electron chi connectivity index (χ4n) is 1.02. The summed E-state index contributed by atoms with van der Waals surface area (Å²) in [6, 6.07) is 7.84. The molecule has 2 aromatic rings. The Hall–Kier alpha value is -0.280. The number of halogens is 2. The van der Waals surface area contributed by atoms with E-state index in [0.717, 1.165) is 9.75 Å². The van der Waals surface area contributed by atoms with Gasteiger partial charge >= 0.3 is 0 Å². The average Bonchev–Trinajstić information content (AvgIpc) is 2.87. The molecule has 0 amide bonds. The summed E-state index contributed by atoms with van der Waals surface area (Å²) < 4.78 is 0. The summed E-state index contributed by atoms with van der Waals surface area (Å²) in [5.41, 5.74) is 0. The molecule has 0 aliphatic carbocycles. The Kier molecular flexibility index (Phi) is 3.29. The number of thiophene rings is 2. The highest BCUT2D eigenvalue weighted by molar-refractivity contribution is 7.14. The first-order valence-corrected chi connectivity index (χ1v) is 6.43. The molecular formula is C10H6Cl2S2. The van der Waals surface area contributed by atoms with Crippen molar-refractivity contribution in [2.45, 2.75) is 0 Å². The van der Waals surface area contributed by atoms with Crippen LogP contribution in [0.5, 0.6) is 0 Å². The monoisotopic (exact) mass is 260 g/mol. The molecule has 2 rings (SSSR count). The van der Waals surface area contributed by atoms with E-state index in [1.165, 1.54) is 0 Å². The summed E-state index contributed by atoms with van der Waals surface area (Å²) in [7, 11) is 0. The van der Waals surface area contributed by atoms with Gasteiger partial charge in [0.25, 0.3) is 0 Å². The van der Waals surface area contributed by atoms with Crippen LogP contribution in [0.2, 0.25) is 0 Å². The Balaban J connectivity index is 2.41. The van der Waals surface area contributed by atoms with Crippen LogP contribution in [0.4, 0.5) is 0 Å². The lowest BCUT2D eigenvalue weighted by molar-refractivity contribution is 1.91. The predicted molar refractivity (Wildman–Crippen MR) is 67.2 cm³/mol. The van der Waals surface area contributed by atoms with E-state index in [4.69, 9.17) is 23.2 Å². The lowest BCUT2D eigenvalue weighted by Gasteiger charge is -1.98. The molecule has 2 aromatic heterocycles. The van der Waals surface area contributed by atoms with Crippen molar-refractivity contribution >= 4 is 55.9 Å². The van der Waals surface area contributed by atoms with Crippen molar-refractivity contribution in [3.05, 3.63) is 44.8 Å². The molecule has 0 saturated carbocycles. The highest BCUT2D eigenvalue weighted by Crippen LogP contribution is 2.36. The zero-order valence-electron chi connectivity index (χ0n) is 7.04. The summed E-state index contributed by atoms with van der Waals surface area (Å²) in [6.07, 6.45) is 0. The van der Waals surface area contributed by atoms with Gasteiger partial charge in [-0.25, -0.2) is 0 Å². The van der Waals surface area contributed by atoms with Crippen LogP contribution < -0.4 is 0 Å². The lowest BCUT2D eigenvalue weighted by atomic mass is 10.3. The lowest BCUT2D eigenvalue weighted by Crippen LogP contribution is -1.73. The van der Waals surface area contributed by atoms with Gasteiger partial charge in [0.1, 0.15) is 0 Å². The minimum atomic E-state index is 0.629. The van der Waals surface area contributed by atoms with Gasteiger partial charge in [-0.2, -0.15) is 0 Å². The molecule has 2 heterocycles. The van der Waals surface area contributed by atoms with Crippen LogP contribution in [0.3, 0.4) is 0 Å². The van der Waals surface area contributed by atoms with Crippen LogP contribution in [0.15, 0.2) is 35.0 Å². The fourth-order valence-corrected chi connectivity index (χ4v) is 3.06. The van der Waals surface area contributed by atoms with Crippen LogP contribution in [-0.4, -0.2) is 0 Å². The van der Waals surface area contributed by atoms with Crippen molar-refractivity contribution < 1.29 is 0 Å². The van der Waals surface area contributed by atoms with Crippen molar-refractivity contribution in [3.8, 4) is 0 Å². The predicted octanol–water partition coefficient (Wildman–Crippen LogP) is 5.11. The van der Waals surface area contributed by atoms with Gasteiger partial charge in [-0.05, 0) is 22.9 Å². The van der Waals surface area contributed by atoms with E-state index in [1.807, 2.05) is 35.0 Å². The van der Waals surface area contributed by atoms with E-state index < -0.39 is 0 Å². The van der Waals surface area contributed by atoms with Crippen LogP contribution in [0.1, 0.15) is 9.75 Å². The zero-order chi connectivity index (χ0) is 9.97. The minimum absolute atomic E-state index is 0.629. The number of rotatable bonds is 2. The molecule has 0 aromatic carbocycles. The fraction of sp³-hybridized carbons (Fsp3) is 0. The third kappa shape index (κ3) is 2.04. The second-order valence-electron chi connectivity index (χ2n) is 2.58. The van der Waals surface area contributed by atoms with Gasteiger partial charge in [-0.15, -0.1) is 22.7 Å². The van der Waals surface area contributed by atoms with Gasteiger partial charge in [0.05, 0.1) is 10.1 Å². The first-order chi connectivity index (χ1) is 6.79. The van der Waals surface area contributed by atoms with E-state index >= 15 is 0 Å². The van der Waals surface area contributed by atoms with Crippen molar-refractivity contribution in [1.82, 2.24) is 0 Å². The highest BCUT2D eigenvalue weighted by Gasteiger charge is 2.08. The van der Waals surface area contributed by atoms with Crippen LogP contribution >= 0.6 is 45.9 Å². The van der Waals surface area contributed by atoms with Gasteiger partial charge in [0.15, 0.2) is 0 Å². The van der Waals surface area contributed by atoms with Gasteiger partial charge in [-0.3, -0.25) is 0 Å². The molecule has 4 heteroatoms. The molecule has 0 saturated heterocycles. The van der Waals surface area contributed by atoms with Gasteiger partial charge in [0.2, 0.25) is 0 Å². The topological polar surface area (TPSA) is 0 Å². The molecule has 0 spiro atoms. The molecule has 0 nitrogen and oxygen atoms in total.